The minimum Gasteiger partial charge on any atom is -0.493 e. The maximum atomic E-state index is 11.6. The average molecular weight is 268 g/mol. The molecule has 0 fully saturated rings. The van der Waals surface area contributed by atoms with Crippen LogP contribution in [0.15, 0.2) is 12.1 Å². The topological polar surface area (TPSA) is 82.8 Å². The second-order valence-electron chi connectivity index (χ2n) is 3.85. The van der Waals surface area contributed by atoms with E-state index in [0.717, 1.165) is 0 Å². The summed E-state index contributed by atoms with van der Waals surface area (Å²) in [5.41, 5.74) is 5.96. The van der Waals surface area contributed by atoms with Crippen LogP contribution in [0.3, 0.4) is 0 Å². The van der Waals surface area contributed by atoms with Crippen molar-refractivity contribution < 1.29 is 19.0 Å². The van der Waals surface area contributed by atoms with Crippen LogP contribution in [0, 0.1) is 0 Å². The zero-order valence-corrected chi connectivity index (χ0v) is 11.5. The van der Waals surface area contributed by atoms with Crippen LogP contribution in [0.2, 0.25) is 0 Å². The van der Waals surface area contributed by atoms with Crippen molar-refractivity contribution in [3.8, 4) is 17.2 Å². The van der Waals surface area contributed by atoms with E-state index in [4.69, 9.17) is 19.9 Å². The minimum absolute atomic E-state index is 0.0975. The number of anilines is 1. The summed E-state index contributed by atoms with van der Waals surface area (Å²) in [6, 6.07) is 3.36. The Morgan fingerprint density at radius 2 is 1.74 bits per heavy atom. The Bertz CT molecular complexity index is 410. The summed E-state index contributed by atoms with van der Waals surface area (Å²) in [5.74, 6) is 1.39. The molecule has 0 aliphatic carbocycles. The van der Waals surface area contributed by atoms with Crippen LogP contribution >= 0.6 is 0 Å². The highest BCUT2D eigenvalue weighted by Crippen LogP contribution is 2.39. The second-order valence-corrected chi connectivity index (χ2v) is 3.85. The van der Waals surface area contributed by atoms with E-state index in [9.17, 15) is 4.79 Å². The molecule has 0 spiro atoms. The largest absolute Gasteiger partial charge is 0.493 e. The molecule has 1 amide bonds. The molecule has 0 saturated heterocycles. The summed E-state index contributed by atoms with van der Waals surface area (Å²) < 4.78 is 15.6. The third kappa shape index (κ3) is 4.03. The van der Waals surface area contributed by atoms with Gasteiger partial charge in [-0.1, -0.05) is 0 Å². The van der Waals surface area contributed by atoms with Crippen LogP contribution in [-0.4, -0.2) is 33.8 Å². The number of amides is 1. The molecular formula is C13H20N2O4. The van der Waals surface area contributed by atoms with Crippen molar-refractivity contribution in [2.45, 2.75) is 12.8 Å². The van der Waals surface area contributed by atoms with Gasteiger partial charge in [0, 0.05) is 24.2 Å². The Hall–Kier alpha value is -1.95. The van der Waals surface area contributed by atoms with Crippen LogP contribution in [0.4, 0.5) is 5.69 Å². The molecule has 6 heteroatoms. The van der Waals surface area contributed by atoms with E-state index in [-0.39, 0.29) is 5.91 Å². The van der Waals surface area contributed by atoms with Gasteiger partial charge in [-0.15, -0.1) is 0 Å². The smallest absolute Gasteiger partial charge is 0.224 e. The van der Waals surface area contributed by atoms with E-state index in [2.05, 4.69) is 5.32 Å². The fourth-order valence-corrected chi connectivity index (χ4v) is 1.64. The quantitative estimate of drug-likeness (QED) is 0.780. The van der Waals surface area contributed by atoms with Crippen molar-refractivity contribution in [3.63, 3.8) is 0 Å². The van der Waals surface area contributed by atoms with Gasteiger partial charge in [0.15, 0.2) is 11.5 Å². The van der Waals surface area contributed by atoms with Gasteiger partial charge in [-0.2, -0.15) is 0 Å². The van der Waals surface area contributed by atoms with E-state index in [1.165, 1.54) is 21.3 Å². The molecule has 19 heavy (non-hydrogen) atoms. The predicted molar refractivity (Wildman–Crippen MR) is 73.0 cm³/mol. The predicted octanol–water partition coefficient (Wildman–Crippen LogP) is 1.39. The number of carbonyl (C=O) groups excluding carboxylic acids is 1. The molecule has 0 unspecified atom stereocenters. The second kappa shape index (κ2) is 7.48. The van der Waals surface area contributed by atoms with Crippen molar-refractivity contribution in [2.75, 3.05) is 33.2 Å². The first-order valence-electron chi connectivity index (χ1n) is 5.96. The molecule has 3 N–H and O–H groups in total. The highest BCUT2D eigenvalue weighted by atomic mass is 16.5. The number of hydrogen-bond acceptors (Lipinski definition) is 5. The van der Waals surface area contributed by atoms with Crippen LogP contribution in [0.5, 0.6) is 17.2 Å². The lowest BCUT2D eigenvalue weighted by molar-refractivity contribution is -0.116. The molecule has 106 valence electrons. The van der Waals surface area contributed by atoms with Crippen LogP contribution in [0.25, 0.3) is 0 Å². The van der Waals surface area contributed by atoms with Gasteiger partial charge in [-0.05, 0) is 13.0 Å². The fourth-order valence-electron chi connectivity index (χ4n) is 1.64. The molecule has 0 aliphatic heterocycles. The first-order valence-corrected chi connectivity index (χ1v) is 5.96. The zero-order valence-electron chi connectivity index (χ0n) is 11.5. The summed E-state index contributed by atoms with van der Waals surface area (Å²) >= 11 is 0. The molecule has 0 bridgehead atoms. The third-order valence-corrected chi connectivity index (χ3v) is 2.56. The number of nitrogens with two attached hydrogens (primary N) is 1. The van der Waals surface area contributed by atoms with Gasteiger partial charge in [0.05, 0.1) is 21.3 Å². The monoisotopic (exact) mass is 268 g/mol. The Morgan fingerprint density at radius 3 is 2.16 bits per heavy atom. The molecule has 0 atom stereocenters. The molecule has 0 radical (unpaired) electrons. The Kier molecular flexibility index (Phi) is 5.95. The van der Waals surface area contributed by atoms with Gasteiger partial charge in [-0.25, -0.2) is 0 Å². The average Bonchev–Trinajstić information content (AvgIpc) is 2.43. The first-order chi connectivity index (χ1) is 9.15. The van der Waals surface area contributed by atoms with Gasteiger partial charge in [0.2, 0.25) is 11.7 Å². The molecule has 6 nitrogen and oxygen atoms in total. The molecule has 1 aromatic carbocycles. The van der Waals surface area contributed by atoms with Gasteiger partial charge in [0.1, 0.15) is 0 Å². The van der Waals surface area contributed by atoms with Crippen molar-refractivity contribution in [2.24, 2.45) is 5.73 Å². The van der Waals surface area contributed by atoms with Gasteiger partial charge in [0.25, 0.3) is 0 Å². The lowest BCUT2D eigenvalue weighted by Gasteiger charge is -2.14. The fraction of sp³-hybridized carbons (Fsp3) is 0.462. The number of nitrogens with one attached hydrogen (secondary N) is 1. The number of benzene rings is 1. The van der Waals surface area contributed by atoms with E-state index in [1.807, 2.05) is 0 Å². The standard InChI is InChI=1S/C13H20N2O4/c1-17-10-7-9(15-12(16)5-4-6-14)8-11(18-2)13(10)19-3/h7-8H,4-6,14H2,1-3H3,(H,15,16). The maximum absolute atomic E-state index is 11.6. The molecule has 0 aliphatic rings. The van der Waals surface area contributed by atoms with Gasteiger partial charge < -0.3 is 25.3 Å². The zero-order chi connectivity index (χ0) is 14.3. The lowest BCUT2D eigenvalue weighted by Crippen LogP contribution is -2.13. The van der Waals surface area contributed by atoms with Crippen molar-refractivity contribution in [1.82, 2.24) is 0 Å². The Balaban J connectivity index is 2.93. The van der Waals surface area contributed by atoms with Gasteiger partial charge in [-0.3, -0.25) is 4.79 Å². The molecule has 0 aromatic heterocycles. The van der Waals surface area contributed by atoms with Crippen LogP contribution < -0.4 is 25.3 Å². The van der Waals surface area contributed by atoms with Crippen molar-refractivity contribution in [1.29, 1.82) is 0 Å². The number of hydrogen-bond donors (Lipinski definition) is 2. The highest BCUT2D eigenvalue weighted by Gasteiger charge is 2.14. The minimum atomic E-state index is -0.0975. The van der Waals surface area contributed by atoms with Crippen molar-refractivity contribution >= 4 is 11.6 Å². The van der Waals surface area contributed by atoms with Gasteiger partial charge >= 0.3 is 0 Å². The molecule has 0 heterocycles. The van der Waals surface area contributed by atoms with Crippen LogP contribution in [-0.2, 0) is 4.79 Å². The van der Waals surface area contributed by atoms with Crippen LogP contribution in [0.1, 0.15) is 12.8 Å². The summed E-state index contributed by atoms with van der Waals surface area (Å²) in [6.07, 6.45) is 1.03. The number of methoxy groups -OCH3 is 3. The highest BCUT2D eigenvalue weighted by molar-refractivity contribution is 5.91. The first kappa shape index (κ1) is 15.1. The summed E-state index contributed by atoms with van der Waals surface area (Å²) in [7, 11) is 4.58. The maximum Gasteiger partial charge on any atom is 0.224 e. The number of ether oxygens (including phenoxy) is 3. The summed E-state index contributed by atoms with van der Waals surface area (Å²) in [6.45, 7) is 0.489. The normalized spacial score (nSPS) is 9.89. The SMILES string of the molecule is COc1cc(NC(=O)CCCN)cc(OC)c1OC. The Labute approximate surface area is 112 Å². The molecule has 1 aromatic rings. The number of carbonyl (C=O) groups is 1. The van der Waals surface area contributed by atoms with E-state index in [0.29, 0.717) is 42.3 Å². The third-order valence-electron chi connectivity index (χ3n) is 2.56. The summed E-state index contributed by atoms with van der Waals surface area (Å²) in [5, 5.41) is 2.77. The van der Waals surface area contributed by atoms with E-state index in [1.54, 1.807) is 12.1 Å². The molecule has 1 rings (SSSR count). The Morgan fingerprint density at radius 1 is 1.16 bits per heavy atom. The van der Waals surface area contributed by atoms with E-state index < -0.39 is 0 Å². The number of rotatable bonds is 7. The van der Waals surface area contributed by atoms with E-state index >= 15 is 0 Å². The molecular weight excluding hydrogens is 248 g/mol. The molecule has 0 saturated carbocycles. The van der Waals surface area contributed by atoms with Crippen molar-refractivity contribution in [3.05, 3.63) is 12.1 Å². The lowest BCUT2D eigenvalue weighted by atomic mass is 10.2. The summed E-state index contributed by atoms with van der Waals surface area (Å²) in [4.78, 5) is 11.6.